The first-order valence-electron chi connectivity index (χ1n) is 15.5. The maximum atomic E-state index is 13.2. The smallest absolute Gasteiger partial charge is 0.315 e. The zero-order valence-electron chi connectivity index (χ0n) is 25.6. The molecule has 0 saturated heterocycles. The third-order valence-electron chi connectivity index (χ3n) is 9.11. The molecular formula is C31H58N4O3. The molecule has 0 aliphatic heterocycles. The van der Waals surface area contributed by atoms with Crippen LogP contribution in [0.15, 0.2) is 0 Å². The van der Waals surface area contributed by atoms with Crippen LogP contribution in [0.1, 0.15) is 126 Å². The second-order valence-electron chi connectivity index (χ2n) is 13.6. The average Bonchev–Trinajstić information content (AvgIpc) is 2.84. The van der Waals surface area contributed by atoms with Crippen LogP contribution in [0, 0.1) is 23.7 Å². The summed E-state index contributed by atoms with van der Waals surface area (Å²) in [7, 11) is 0. The third kappa shape index (κ3) is 10.9. The summed E-state index contributed by atoms with van der Waals surface area (Å²) < 4.78 is 0. The lowest BCUT2D eigenvalue weighted by Crippen LogP contribution is -2.55. The second kappa shape index (κ2) is 15.2. The minimum Gasteiger partial charge on any atom is -0.353 e. The van der Waals surface area contributed by atoms with Crippen LogP contribution in [0.2, 0.25) is 0 Å². The molecule has 2 fully saturated rings. The predicted octanol–water partition coefficient (Wildman–Crippen LogP) is 5.72. The maximum Gasteiger partial charge on any atom is 0.315 e. The monoisotopic (exact) mass is 534 g/mol. The number of urea groups is 1. The minimum atomic E-state index is -0.690. The van der Waals surface area contributed by atoms with E-state index in [-0.39, 0.29) is 54.2 Å². The van der Waals surface area contributed by atoms with Crippen LogP contribution >= 0.6 is 0 Å². The van der Waals surface area contributed by atoms with E-state index in [0.717, 1.165) is 44.9 Å². The Hall–Kier alpha value is -1.63. The van der Waals surface area contributed by atoms with E-state index in [1.807, 2.05) is 20.8 Å². The Morgan fingerprint density at radius 2 is 1.42 bits per heavy atom. The normalized spacial score (nSPS) is 26.8. The van der Waals surface area contributed by atoms with Crippen LogP contribution < -0.4 is 21.3 Å². The molecule has 7 heteroatoms. The molecule has 3 amide bonds. The topological polar surface area (TPSA) is 99.3 Å². The first-order chi connectivity index (χ1) is 17.8. The molecule has 0 spiro atoms. The molecular weight excluding hydrogens is 476 g/mol. The molecule has 38 heavy (non-hydrogen) atoms. The van der Waals surface area contributed by atoms with Gasteiger partial charge in [0.1, 0.15) is 0 Å². The van der Waals surface area contributed by atoms with Crippen molar-refractivity contribution in [3.05, 3.63) is 0 Å². The van der Waals surface area contributed by atoms with Gasteiger partial charge >= 0.3 is 6.03 Å². The van der Waals surface area contributed by atoms with Crippen molar-refractivity contribution >= 4 is 17.7 Å². The van der Waals surface area contributed by atoms with E-state index in [1.54, 1.807) is 0 Å². The van der Waals surface area contributed by atoms with Crippen molar-refractivity contribution in [2.45, 2.75) is 156 Å². The van der Waals surface area contributed by atoms with E-state index in [9.17, 15) is 14.4 Å². The summed E-state index contributed by atoms with van der Waals surface area (Å²) >= 11 is 0. The fraction of sp³-hybridized carbons (Fsp3) is 0.903. The number of rotatable bonds is 13. The Morgan fingerprint density at radius 1 is 0.816 bits per heavy atom. The number of hydrogen-bond donors (Lipinski definition) is 4. The van der Waals surface area contributed by atoms with Crippen LogP contribution in [-0.4, -0.2) is 47.4 Å². The van der Waals surface area contributed by atoms with Gasteiger partial charge in [-0.3, -0.25) is 9.59 Å². The summed E-state index contributed by atoms with van der Waals surface area (Å²) in [5, 5.41) is 13.1. The number of amides is 3. The Bertz CT molecular complexity index is 760. The fourth-order valence-electron chi connectivity index (χ4n) is 5.88. The summed E-state index contributed by atoms with van der Waals surface area (Å²) in [5.41, 5.74) is -0.690. The number of carbonyl (C=O) groups is 3. The van der Waals surface area contributed by atoms with Crippen molar-refractivity contribution in [3.63, 3.8) is 0 Å². The molecule has 5 atom stereocenters. The molecule has 2 aliphatic carbocycles. The summed E-state index contributed by atoms with van der Waals surface area (Å²) in [5.74, 6) is 1.30. The summed E-state index contributed by atoms with van der Waals surface area (Å²) in [6, 6.07) is 0.766. The first-order valence-corrected chi connectivity index (χ1v) is 15.5. The predicted molar refractivity (Wildman–Crippen MR) is 156 cm³/mol. The van der Waals surface area contributed by atoms with E-state index in [4.69, 9.17) is 0 Å². The van der Waals surface area contributed by atoms with Gasteiger partial charge in [0.25, 0.3) is 0 Å². The van der Waals surface area contributed by atoms with E-state index >= 15 is 0 Å². The van der Waals surface area contributed by atoms with E-state index < -0.39 is 5.54 Å². The highest BCUT2D eigenvalue weighted by atomic mass is 16.2. The van der Waals surface area contributed by atoms with Crippen LogP contribution in [0.5, 0.6) is 0 Å². The number of nitrogens with one attached hydrogen (secondary N) is 4. The molecule has 220 valence electrons. The second-order valence-corrected chi connectivity index (χ2v) is 13.6. The van der Waals surface area contributed by atoms with Gasteiger partial charge in [-0.1, -0.05) is 53.9 Å². The molecule has 0 aromatic rings. The van der Waals surface area contributed by atoms with Crippen molar-refractivity contribution < 1.29 is 14.4 Å². The van der Waals surface area contributed by atoms with Crippen molar-refractivity contribution in [2.24, 2.45) is 23.7 Å². The Labute approximate surface area is 232 Å². The molecule has 4 unspecified atom stereocenters. The van der Waals surface area contributed by atoms with Crippen molar-refractivity contribution in [3.8, 4) is 0 Å². The molecule has 0 radical (unpaired) electrons. The average molecular weight is 535 g/mol. The van der Waals surface area contributed by atoms with Gasteiger partial charge < -0.3 is 21.3 Å². The lowest BCUT2D eigenvalue weighted by molar-refractivity contribution is -0.132. The Balaban J connectivity index is 1.72. The Morgan fingerprint density at radius 3 is 2.03 bits per heavy atom. The van der Waals surface area contributed by atoms with Gasteiger partial charge in [0.15, 0.2) is 5.78 Å². The third-order valence-corrected chi connectivity index (χ3v) is 9.11. The molecule has 0 bridgehead atoms. The molecule has 2 rings (SSSR count). The van der Waals surface area contributed by atoms with Crippen LogP contribution in [0.25, 0.3) is 0 Å². The number of ketones is 1. The van der Waals surface area contributed by atoms with Gasteiger partial charge in [-0.05, 0) is 83.5 Å². The molecule has 4 N–H and O–H groups in total. The maximum absolute atomic E-state index is 13.2. The van der Waals surface area contributed by atoms with Gasteiger partial charge in [-0.2, -0.15) is 0 Å². The van der Waals surface area contributed by atoms with Gasteiger partial charge in [0.2, 0.25) is 5.91 Å². The molecule has 7 nitrogen and oxygen atoms in total. The molecule has 0 heterocycles. The molecule has 2 saturated carbocycles. The van der Waals surface area contributed by atoms with Crippen LogP contribution in [-0.2, 0) is 9.59 Å². The van der Waals surface area contributed by atoms with Crippen molar-refractivity contribution in [2.75, 3.05) is 0 Å². The Kier molecular flexibility index (Phi) is 13.1. The highest BCUT2D eigenvalue weighted by Crippen LogP contribution is 2.25. The standard InChI is InChI=1S/C31H58N4O3/c1-20(2)13-14-21(3)24(6)32-29(37)23(5)19-28(36)31(7,8)35-26-17-15-25(16-18-26)33-30(38)34-27-12-10-9-11-22(27)4/h20-27,35H,9-19H2,1-8H3,(H,32,37)(H2,33,34,38)/t21?,22?,23?,24-,25?,26?,27?/m0/s1. The van der Waals surface area contributed by atoms with Crippen molar-refractivity contribution in [1.29, 1.82) is 0 Å². The highest BCUT2D eigenvalue weighted by molar-refractivity contribution is 5.92. The van der Waals surface area contributed by atoms with E-state index in [2.05, 4.69) is 55.9 Å². The lowest BCUT2D eigenvalue weighted by atomic mass is 9.85. The number of Topliss-reactive ketones (excluding diaryl/α,β-unsaturated/α-hetero) is 1. The van der Waals surface area contributed by atoms with Gasteiger partial charge in [-0.15, -0.1) is 0 Å². The highest BCUT2D eigenvalue weighted by Gasteiger charge is 2.34. The van der Waals surface area contributed by atoms with Crippen LogP contribution in [0.3, 0.4) is 0 Å². The van der Waals surface area contributed by atoms with Crippen molar-refractivity contribution in [1.82, 2.24) is 21.3 Å². The van der Waals surface area contributed by atoms with Gasteiger partial charge in [-0.25, -0.2) is 4.79 Å². The summed E-state index contributed by atoms with van der Waals surface area (Å²) in [4.78, 5) is 38.5. The van der Waals surface area contributed by atoms with E-state index in [1.165, 1.54) is 19.3 Å². The first kappa shape index (κ1) is 32.6. The largest absolute Gasteiger partial charge is 0.353 e. The summed E-state index contributed by atoms with van der Waals surface area (Å²) in [6.45, 7) is 16.6. The number of hydrogen-bond acceptors (Lipinski definition) is 4. The van der Waals surface area contributed by atoms with Crippen LogP contribution in [0.4, 0.5) is 4.79 Å². The van der Waals surface area contributed by atoms with E-state index in [0.29, 0.717) is 17.8 Å². The van der Waals surface area contributed by atoms with Gasteiger partial charge in [0, 0.05) is 36.5 Å². The van der Waals surface area contributed by atoms with Gasteiger partial charge in [0.05, 0.1) is 5.54 Å². The number of carbonyl (C=O) groups excluding carboxylic acids is 3. The SMILES string of the molecule is CC(C)CCC(C)[C@H](C)NC(=O)C(C)CC(=O)C(C)(C)NC1CCC(NC(=O)NC2CCCCC2C)CC1. The molecule has 0 aromatic carbocycles. The fourth-order valence-corrected chi connectivity index (χ4v) is 5.88. The molecule has 2 aliphatic rings. The summed E-state index contributed by atoms with van der Waals surface area (Å²) in [6.07, 6.45) is 10.8. The molecule has 0 aromatic heterocycles. The zero-order valence-corrected chi connectivity index (χ0v) is 25.6. The lowest BCUT2D eigenvalue weighted by Gasteiger charge is -2.36. The zero-order chi connectivity index (χ0) is 28.5. The minimum absolute atomic E-state index is 0.0356. The quantitative estimate of drug-likeness (QED) is 0.243.